The van der Waals surface area contributed by atoms with Crippen LogP contribution in [0.1, 0.15) is 36.7 Å². The van der Waals surface area contributed by atoms with Gasteiger partial charge in [-0.3, -0.25) is 9.59 Å². The quantitative estimate of drug-likeness (QED) is 0.498. The lowest BCUT2D eigenvalue weighted by Crippen LogP contribution is -2.27. The number of hydrogen-bond donors (Lipinski definition) is 3. The molecule has 0 heterocycles. The molecule has 3 rings (SSSR count). The van der Waals surface area contributed by atoms with Crippen LogP contribution in [0.15, 0.2) is 72.8 Å². The average molecular weight is 433 g/mol. The lowest BCUT2D eigenvalue weighted by atomic mass is 10.0. The van der Waals surface area contributed by atoms with Gasteiger partial charge in [0, 0.05) is 5.56 Å². The van der Waals surface area contributed by atoms with Gasteiger partial charge in [-0.25, -0.2) is 0 Å². The van der Waals surface area contributed by atoms with E-state index in [0.717, 1.165) is 16.7 Å². The van der Waals surface area contributed by atoms with Gasteiger partial charge in [0.05, 0.1) is 23.6 Å². The summed E-state index contributed by atoms with van der Waals surface area (Å²) in [5, 5.41) is 14.9. The van der Waals surface area contributed by atoms with Crippen molar-refractivity contribution in [3.63, 3.8) is 0 Å². The highest BCUT2D eigenvalue weighted by Gasteiger charge is 2.16. The van der Waals surface area contributed by atoms with Crippen molar-refractivity contribution in [2.45, 2.75) is 33.0 Å². The van der Waals surface area contributed by atoms with Gasteiger partial charge in [0.15, 0.2) is 0 Å². The van der Waals surface area contributed by atoms with E-state index >= 15 is 0 Å². The summed E-state index contributed by atoms with van der Waals surface area (Å²) in [5.74, 6) is -0.628. The minimum atomic E-state index is -0.438. The summed E-state index contributed by atoms with van der Waals surface area (Å²) in [6, 6.07) is 21.9. The fourth-order valence-corrected chi connectivity index (χ4v) is 2.99. The zero-order chi connectivity index (χ0) is 23.1. The first-order valence-electron chi connectivity index (χ1n) is 10.4. The highest BCUT2D eigenvalue weighted by atomic mass is 16.5. The Bertz CT molecular complexity index is 1070. The van der Waals surface area contributed by atoms with E-state index in [1.54, 1.807) is 30.3 Å². The number of rotatable bonds is 7. The highest BCUT2D eigenvalue weighted by molar-refractivity contribution is 6.07. The molecule has 3 aromatic carbocycles. The van der Waals surface area contributed by atoms with Gasteiger partial charge in [0.25, 0.3) is 5.91 Å². The first kappa shape index (κ1) is 23.2. The van der Waals surface area contributed by atoms with Gasteiger partial charge in [0.2, 0.25) is 5.91 Å². The number of hydrogen-bond acceptors (Lipinski definition) is 4. The number of ether oxygens (including phenoxy) is 1. The summed E-state index contributed by atoms with van der Waals surface area (Å²) in [5.41, 5.74) is 3.58. The van der Waals surface area contributed by atoms with Crippen molar-refractivity contribution in [3.8, 4) is 11.1 Å². The van der Waals surface area contributed by atoms with E-state index in [1.807, 2.05) is 63.2 Å². The number of aliphatic hydroxyl groups is 1. The Hall–Kier alpha value is -3.48. The van der Waals surface area contributed by atoms with Crippen molar-refractivity contribution in [2.24, 2.45) is 0 Å². The molecule has 3 aromatic rings. The molecule has 0 saturated heterocycles. The fourth-order valence-electron chi connectivity index (χ4n) is 2.99. The monoisotopic (exact) mass is 432 g/mol. The summed E-state index contributed by atoms with van der Waals surface area (Å²) in [7, 11) is 0. The summed E-state index contributed by atoms with van der Waals surface area (Å²) >= 11 is 0. The van der Waals surface area contributed by atoms with Crippen LogP contribution in [0, 0.1) is 0 Å². The summed E-state index contributed by atoms with van der Waals surface area (Å²) in [4.78, 5) is 25.3. The van der Waals surface area contributed by atoms with Gasteiger partial charge in [-0.2, -0.15) is 0 Å². The maximum absolute atomic E-state index is 12.8. The second kappa shape index (κ2) is 10.2. The third-order valence-corrected chi connectivity index (χ3v) is 4.68. The largest absolute Gasteiger partial charge is 0.392 e. The summed E-state index contributed by atoms with van der Waals surface area (Å²) < 4.78 is 5.55. The molecule has 6 nitrogen and oxygen atoms in total. The van der Waals surface area contributed by atoms with E-state index < -0.39 is 5.60 Å². The number of nitrogens with one attached hydrogen (secondary N) is 2. The van der Waals surface area contributed by atoms with Gasteiger partial charge < -0.3 is 20.5 Å². The smallest absolute Gasteiger partial charge is 0.255 e. The predicted octanol–water partition coefficient (Wildman–Crippen LogP) is 4.85. The number of aliphatic hydroxyl groups excluding tert-OH is 1. The highest BCUT2D eigenvalue weighted by Crippen LogP contribution is 2.29. The molecule has 3 N–H and O–H groups in total. The second-order valence-corrected chi connectivity index (χ2v) is 8.38. The molecule has 2 amide bonds. The lowest BCUT2D eigenvalue weighted by Gasteiger charge is -2.20. The zero-order valence-electron chi connectivity index (χ0n) is 18.5. The zero-order valence-corrected chi connectivity index (χ0v) is 18.5. The number of carbonyl (C=O) groups excluding carboxylic acids is 2. The van der Waals surface area contributed by atoms with E-state index in [-0.39, 0.29) is 25.0 Å². The van der Waals surface area contributed by atoms with Crippen molar-refractivity contribution in [3.05, 3.63) is 83.9 Å². The topological polar surface area (TPSA) is 87.7 Å². The Morgan fingerprint density at radius 2 is 1.53 bits per heavy atom. The van der Waals surface area contributed by atoms with Crippen LogP contribution in [-0.2, 0) is 16.1 Å². The summed E-state index contributed by atoms with van der Waals surface area (Å²) in [6.45, 7) is 5.45. The Morgan fingerprint density at radius 1 is 0.844 bits per heavy atom. The number of anilines is 2. The number of amides is 2. The summed E-state index contributed by atoms with van der Waals surface area (Å²) in [6.07, 6.45) is 0. The molecule has 0 fully saturated rings. The average Bonchev–Trinajstić information content (AvgIpc) is 2.79. The van der Waals surface area contributed by atoms with Crippen molar-refractivity contribution < 1.29 is 19.4 Å². The van der Waals surface area contributed by atoms with Crippen LogP contribution in [-0.4, -0.2) is 29.1 Å². The van der Waals surface area contributed by atoms with Crippen LogP contribution in [0.4, 0.5) is 11.4 Å². The standard InChI is InChI=1S/C26H28N2O4/c1-26(2,3)32-17-24(30)27-22-14-13-21(19-7-5-4-6-8-19)15-23(22)28-25(31)20-11-9-18(16-29)10-12-20/h4-15,29H,16-17H2,1-3H3,(H,27,30)(H,28,31). The van der Waals surface area contributed by atoms with Crippen LogP contribution < -0.4 is 10.6 Å². The van der Waals surface area contributed by atoms with E-state index in [2.05, 4.69) is 10.6 Å². The SMILES string of the molecule is CC(C)(C)OCC(=O)Nc1ccc(-c2ccccc2)cc1NC(=O)c1ccc(CO)cc1. The Morgan fingerprint density at radius 3 is 2.16 bits per heavy atom. The third kappa shape index (κ3) is 6.51. The van der Waals surface area contributed by atoms with Crippen LogP contribution >= 0.6 is 0 Å². The normalized spacial score (nSPS) is 11.1. The predicted molar refractivity (Wildman–Crippen MR) is 127 cm³/mol. The van der Waals surface area contributed by atoms with Crippen LogP contribution in [0.3, 0.4) is 0 Å². The molecule has 32 heavy (non-hydrogen) atoms. The van der Waals surface area contributed by atoms with Gasteiger partial charge in [-0.1, -0.05) is 48.5 Å². The van der Waals surface area contributed by atoms with Crippen molar-refractivity contribution >= 4 is 23.2 Å². The lowest BCUT2D eigenvalue weighted by molar-refractivity contribution is -0.125. The first-order valence-corrected chi connectivity index (χ1v) is 10.4. The molecule has 0 saturated carbocycles. The third-order valence-electron chi connectivity index (χ3n) is 4.68. The fraction of sp³-hybridized carbons (Fsp3) is 0.231. The van der Waals surface area contributed by atoms with Gasteiger partial charge in [0.1, 0.15) is 6.61 Å². The van der Waals surface area contributed by atoms with Crippen LogP contribution in [0.5, 0.6) is 0 Å². The number of benzene rings is 3. The molecular formula is C26H28N2O4. The molecular weight excluding hydrogens is 404 g/mol. The molecule has 0 unspecified atom stereocenters. The van der Waals surface area contributed by atoms with Crippen molar-refractivity contribution in [2.75, 3.05) is 17.2 Å². The van der Waals surface area contributed by atoms with Crippen LogP contribution in [0.2, 0.25) is 0 Å². The van der Waals surface area contributed by atoms with Gasteiger partial charge in [-0.15, -0.1) is 0 Å². The maximum atomic E-state index is 12.8. The van der Waals surface area contributed by atoms with Gasteiger partial charge >= 0.3 is 0 Å². The molecule has 0 radical (unpaired) electrons. The molecule has 166 valence electrons. The molecule has 0 aliphatic rings. The second-order valence-electron chi connectivity index (χ2n) is 8.38. The first-order chi connectivity index (χ1) is 15.2. The molecule has 0 spiro atoms. The van der Waals surface area contributed by atoms with Crippen molar-refractivity contribution in [1.82, 2.24) is 0 Å². The molecule has 0 aliphatic carbocycles. The Kier molecular flexibility index (Phi) is 7.41. The van der Waals surface area contributed by atoms with E-state index in [1.165, 1.54) is 0 Å². The minimum Gasteiger partial charge on any atom is -0.392 e. The van der Waals surface area contributed by atoms with E-state index in [9.17, 15) is 14.7 Å². The van der Waals surface area contributed by atoms with E-state index in [4.69, 9.17) is 4.74 Å². The molecule has 6 heteroatoms. The maximum Gasteiger partial charge on any atom is 0.255 e. The Labute approximate surface area is 188 Å². The van der Waals surface area contributed by atoms with E-state index in [0.29, 0.717) is 16.9 Å². The Balaban J connectivity index is 1.86. The van der Waals surface area contributed by atoms with Crippen molar-refractivity contribution in [1.29, 1.82) is 0 Å². The van der Waals surface area contributed by atoms with Crippen LogP contribution in [0.25, 0.3) is 11.1 Å². The minimum absolute atomic E-state index is 0.0894. The molecule has 0 aliphatic heterocycles. The number of carbonyl (C=O) groups is 2. The molecule has 0 aromatic heterocycles. The molecule has 0 bridgehead atoms. The molecule has 0 atom stereocenters. The van der Waals surface area contributed by atoms with Gasteiger partial charge in [-0.05, 0) is 61.7 Å².